The Hall–Kier alpha value is -0.300. The van der Waals surface area contributed by atoms with Gasteiger partial charge >= 0.3 is 0 Å². The Morgan fingerprint density at radius 2 is 1.89 bits per heavy atom. The van der Waals surface area contributed by atoms with Crippen LogP contribution in [-0.4, -0.2) is 13.1 Å². The molecule has 1 fully saturated rings. The van der Waals surface area contributed by atoms with Gasteiger partial charge in [0.1, 0.15) is 0 Å². The van der Waals surface area contributed by atoms with Crippen LogP contribution in [0, 0.1) is 17.8 Å². The van der Waals surface area contributed by atoms with Gasteiger partial charge in [-0.3, -0.25) is 0 Å². The van der Waals surface area contributed by atoms with Gasteiger partial charge < -0.3 is 5.32 Å². The van der Waals surface area contributed by atoms with Crippen molar-refractivity contribution in [2.45, 2.75) is 65.2 Å². The van der Waals surface area contributed by atoms with Crippen molar-refractivity contribution < 1.29 is 0 Å². The molecular formula is C17H31N. The fourth-order valence-corrected chi connectivity index (χ4v) is 3.69. The van der Waals surface area contributed by atoms with Crippen LogP contribution in [0.4, 0.5) is 0 Å². The predicted octanol–water partition coefficient (Wildman–Crippen LogP) is 4.54. The second-order valence-electron chi connectivity index (χ2n) is 6.73. The highest BCUT2D eigenvalue weighted by Crippen LogP contribution is 2.37. The zero-order chi connectivity index (χ0) is 12.8. The van der Waals surface area contributed by atoms with Crippen LogP contribution in [0.1, 0.15) is 65.2 Å². The molecule has 0 saturated heterocycles. The van der Waals surface area contributed by atoms with E-state index < -0.39 is 0 Å². The van der Waals surface area contributed by atoms with E-state index in [-0.39, 0.29) is 0 Å². The highest BCUT2D eigenvalue weighted by molar-refractivity contribution is 5.12. The topological polar surface area (TPSA) is 12.0 Å². The third-order valence-corrected chi connectivity index (χ3v) is 4.69. The largest absolute Gasteiger partial charge is 0.316 e. The lowest BCUT2D eigenvalue weighted by molar-refractivity contribution is 0.347. The Morgan fingerprint density at radius 3 is 2.50 bits per heavy atom. The molecule has 0 bridgehead atoms. The summed E-state index contributed by atoms with van der Waals surface area (Å²) in [5.41, 5.74) is 1.80. The summed E-state index contributed by atoms with van der Waals surface area (Å²) < 4.78 is 0. The van der Waals surface area contributed by atoms with Gasteiger partial charge in [0.15, 0.2) is 0 Å². The predicted molar refractivity (Wildman–Crippen MR) is 79.7 cm³/mol. The van der Waals surface area contributed by atoms with Gasteiger partial charge in [0.05, 0.1) is 0 Å². The molecular weight excluding hydrogens is 218 g/mol. The molecule has 0 aromatic rings. The third kappa shape index (κ3) is 4.12. The average molecular weight is 249 g/mol. The smallest absolute Gasteiger partial charge is 0.00196 e. The number of hydrogen-bond donors (Lipinski definition) is 1. The molecule has 1 nitrogen and oxygen atoms in total. The lowest BCUT2D eigenvalue weighted by atomic mass is 9.80. The van der Waals surface area contributed by atoms with Crippen molar-refractivity contribution in [1.82, 2.24) is 5.32 Å². The Labute approximate surface area is 113 Å². The van der Waals surface area contributed by atoms with Crippen molar-refractivity contribution in [3.63, 3.8) is 0 Å². The minimum Gasteiger partial charge on any atom is -0.316 e. The molecule has 0 aliphatic heterocycles. The number of allylic oxidation sites excluding steroid dienone is 1. The molecule has 2 aliphatic carbocycles. The summed E-state index contributed by atoms with van der Waals surface area (Å²) in [5, 5.41) is 3.72. The monoisotopic (exact) mass is 249 g/mol. The van der Waals surface area contributed by atoms with Crippen molar-refractivity contribution in [2.24, 2.45) is 17.8 Å². The molecule has 0 spiro atoms. The van der Waals surface area contributed by atoms with Crippen LogP contribution in [0.15, 0.2) is 11.6 Å². The maximum absolute atomic E-state index is 3.72. The molecule has 1 saturated carbocycles. The number of nitrogens with one attached hydrogen (secondary N) is 1. The van der Waals surface area contributed by atoms with Gasteiger partial charge in [0.2, 0.25) is 0 Å². The fraction of sp³-hybridized carbons (Fsp3) is 0.882. The maximum atomic E-state index is 3.72. The van der Waals surface area contributed by atoms with E-state index in [1.165, 1.54) is 64.5 Å². The van der Waals surface area contributed by atoms with E-state index in [0.29, 0.717) is 0 Å². The van der Waals surface area contributed by atoms with Crippen LogP contribution in [0.2, 0.25) is 0 Å². The maximum Gasteiger partial charge on any atom is 0.00196 e. The van der Waals surface area contributed by atoms with Crippen molar-refractivity contribution in [1.29, 1.82) is 0 Å². The molecule has 18 heavy (non-hydrogen) atoms. The lowest BCUT2D eigenvalue weighted by Gasteiger charge is -2.29. The van der Waals surface area contributed by atoms with E-state index in [4.69, 9.17) is 0 Å². The first kappa shape index (κ1) is 14.1. The van der Waals surface area contributed by atoms with Crippen LogP contribution >= 0.6 is 0 Å². The zero-order valence-corrected chi connectivity index (χ0v) is 12.4. The Morgan fingerprint density at radius 1 is 1.11 bits per heavy atom. The molecule has 0 heterocycles. The first-order valence-electron chi connectivity index (χ1n) is 8.17. The van der Waals surface area contributed by atoms with Crippen molar-refractivity contribution in [3.05, 3.63) is 11.6 Å². The molecule has 1 atom stereocenters. The normalized spacial score (nSPS) is 23.4. The van der Waals surface area contributed by atoms with Gasteiger partial charge in [-0.15, -0.1) is 0 Å². The summed E-state index contributed by atoms with van der Waals surface area (Å²) in [7, 11) is 0. The standard InChI is InChI=1S/C17H31N/c1-14(2)12-18-13-17(16-10-6-7-11-16)15-8-4-3-5-9-15/h8,14,16-18H,3-7,9-13H2,1-2H3. The average Bonchev–Trinajstić information content (AvgIpc) is 2.89. The minimum atomic E-state index is 0.773. The van der Waals surface area contributed by atoms with Crippen LogP contribution in [0.25, 0.3) is 0 Å². The molecule has 0 aromatic heterocycles. The van der Waals surface area contributed by atoms with Gasteiger partial charge in [-0.1, -0.05) is 38.3 Å². The Bertz CT molecular complexity index is 261. The number of hydrogen-bond acceptors (Lipinski definition) is 1. The van der Waals surface area contributed by atoms with Gasteiger partial charge in [-0.25, -0.2) is 0 Å². The molecule has 1 unspecified atom stereocenters. The fourth-order valence-electron chi connectivity index (χ4n) is 3.69. The third-order valence-electron chi connectivity index (χ3n) is 4.69. The molecule has 0 radical (unpaired) electrons. The molecule has 1 heteroatoms. The van der Waals surface area contributed by atoms with E-state index in [0.717, 1.165) is 17.8 Å². The summed E-state index contributed by atoms with van der Waals surface area (Å²) in [6.07, 6.45) is 14.0. The second kappa shape index (κ2) is 7.33. The van der Waals surface area contributed by atoms with E-state index in [9.17, 15) is 0 Å². The van der Waals surface area contributed by atoms with Crippen molar-refractivity contribution in [2.75, 3.05) is 13.1 Å². The molecule has 2 aliphatic rings. The lowest BCUT2D eigenvalue weighted by Crippen LogP contribution is -2.31. The van der Waals surface area contributed by atoms with E-state index in [2.05, 4.69) is 25.2 Å². The quantitative estimate of drug-likeness (QED) is 0.682. The molecule has 1 N–H and O–H groups in total. The van der Waals surface area contributed by atoms with Crippen LogP contribution in [0.3, 0.4) is 0 Å². The molecule has 104 valence electrons. The Balaban J connectivity index is 1.91. The molecule has 0 amide bonds. The van der Waals surface area contributed by atoms with E-state index in [1.54, 1.807) is 5.57 Å². The minimum absolute atomic E-state index is 0.773. The summed E-state index contributed by atoms with van der Waals surface area (Å²) in [5.74, 6) is 2.61. The summed E-state index contributed by atoms with van der Waals surface area (Å²) in [6.45, 7) is 7.01. The molecule has 0 aromatic carbocycles. The highest BCUT2D eigenvalue weighted by Gasteiger charge is 2.27. The first-order chi connectivity index (χ1) is 8.77. The van der Waals surface area contributed by atoms with Crippen LogP contribution in [-0.2, 0) is 0 Å². The van der Waals surface area contributed by atoms with E-state index >= 15 is 0 Å². The van der Waals surface area contributed by atoms with Gasteiger partial charge in [-0.2, -0.15) is 0 Å². The summed E-state index contributed by atoms with van der Waals surface area (Å²) >= 11 is 0. The Kier molecular flexibility index (Phi) is 5.75. The molecule has 2 rings (SSSR count). The second-order valence-corrected chi connectivity index (χ2v) is 6.73. The van der Waals surface area contributed by atoms with Crippen LogP contribution < -0.4 is 5.32 Å². The zero-order valence-electron chi connectivity index (χ0n) is 12.4. The highest BCUT2D eigenvalue weighted by atomic mass is 14.9. The first-order valence-corrected chi connectivity index (χ1v) is 8.17. The van der Waals surface area contributed by atoms with Crippen LogP contribution in [0.5, 0.6) is 0 Å². The van der Waals surface area contributed by atoms with Gasteiger partial charge in [0.25, 0.3) is 0 Å². The van der Waals surface area contributed by atoms with Gasteiger partial charge in [-0.05, 0) is 62.8 Å². The van der Waals surface area contributed by atoms with Crippen molar-refractivity contribution in [3.8, 4) is 0 Å². The SMILES string of the molecule is CC(C)CNCC(C1=CCCCC1)C1CCCC1. The summed E-state index contributed by atoms with van der Waals surface area (Å²) in [4.78, 5) is 0. The summed E-state index contributed by atoms with van der Waals surface area (Å²) in [6, 6.07) is 0. The van der Waals surface area contributed by atoms with Gasteiger partial charge in [0, 0.05) is 6.54 Å². The van der Waals surface area contributed by atoms with E-state index in [1.807, 2.05) is 0 Å². The number of rotatable bonds is 6. The van der Waals surface area contributed by atoms with Crippen molar-refractivity contribution >= 4 is 0 Å².